The summed E-state index contributed by atoms with van der Waals surface area (Å²) in [5, 5.41) is 9.81. The second-order valence-electron chi connectivity index (χ2n) is 8.02. The van der Waals surface area contributed by atoms with Crippen molar-refractivity contribution in [1.29, 1.82) is 0 Å². The Labute approximate surface area is 190 Å². The van der Waals surface area contributed by atoms with Gasteiger partial charge in [0.1, 0.15) is 5.75 Å². The molecule has 0 saturated carbocycles. The van der Waals surface area contributed by atoms with Crippen molar-refractivity contribution < 1.29 is 9.53 Å². The standard InChI is InChI=1S/C25H24N4O2S/c1-17-6-5-9-20(12-17)27-25-29(26-14-18-7-3-2-4-8-18)22(16-32-25)19-10-11-23-21(13-19)28-24(30)15-31-23/h2-3,5-6,9-14,16,18H,4,7-8,15H2,1H3,(H,28,30). The van der Waals surface area contributed by atoms with Gasteiger partial charge in [-0.2, -0.15) is 5.10 Å². The van der Waals surface area contributed by atoms with E-state index in [0.717, 1.165) is 46.6 Å². The molecule has 6 nitrogen and oxygen atoms in total. The van der Waals surface area contributed by atoms with E-state index in [-0.39, 0.29) is 12.5 Å². The van der Waals surface area contributed by atoms with E-state index in [1.165, 1.54) is 0 Å². The average molecular weight is 445 g/mol. The summed E-state index contributed by atoms with van der Waals surface area (Å²) in [7, 11) is 0. The van der Waals surface area contributed by atoms with Gasteiger partial charge in [-0.15, -0.1) is 11.3 Å². The maximum Gasteiger partial charge on any atom is 0.262 e. The summed E-state index contributed by atoms with van der Waals surface area (Å²) in [6.45, 7) is 2.11. The van der Waals surface area contributed by atoms with Crippen LogP contribution in [-0.2, 0) is 4.79 Å². The quantitative estimate of drug-likeness (QED) is 0.439. The zero-order valence-corrected chi connectivity index (χ0v) is 18.6. The van der Waals surface area contributed by atoms with Gasteiger partial charge in [-0.3, -0.25) is 4.79 Å². The number of carbonyl (C=O) groups is 1. The van der Waals surface area contributed by atoms with Gasteiger partial charge in [0.05, 0.1) is 17.1 Å². The van der Waals surface area contributed by atoms with E-state index in [1.807, 2.05) is 41.2 Å². The van der Waals surface area contributed by atoms with Crippen LogP contribution in [0.5, 0.6) is 5.75 Å². The van der Waals surface area contributed by atoms with Gasteiger partial charge in [-0.05, 0) is 68.0 Å². The van der Waals surface area contributed by atoms with Crippen LogP contribution in [0.15, 0.2) is 70.1 Å². The minimum atomic E-state index is -0.147. The predicted octanol–water partition coefficient (Wildman–Crippen LogP) is 5.28. The Balaban J connectivity index is 1.59. The van der Waals surface area contributed by atoms with Crippen molar-refractivity contribution >= 4 is 34.8 Å². The average Bonchev–Trinajstić information content (AvgIpc) is 3.20. The first kappa shape index (κ1) is 20.5. The third-order valence-corrected chi connectivity index (χ3v) is 6.34. The van der Waals surface area contributed by atoms with Gasteiger partial charge in [-0.25, -0.2) is 9.67 Å². The summed E-state index contributed by atoms with van der Waals surface area (Å²) in [6.07, 6.45) is 9.70. The zero-order valence-electron chi connectivity index (χ0n) is 17.8. The molecular weight excluding hydrogens is 420 g/mol. The second kappa shape index (κ2) is 8.96. The lowest BCUT2D eigenvalue weighted by molar-refractivity contribution is -0.118. The number of nitrogens with one attached hydrogen (secondary N) is 1. The van der Waals surface area contributed by atoms with Gasteiger partial charge in [0.25, 0.3) is 5.91 Å². The number of thiazole rings is 1. The molecule has 1 atom stereocenters. The van der Waals surface area contributed by atoms with Crippen LogP contribution in [0.25, 0.3) is 11.3 Å². The van der Waals surface area contributed by atoms with E-state index in [1.54, 1.807) is 11.3 Å². The third kappa shape index (κ3) is 4.43. The number of carbonyl (C=O) groups excluding carboxylic acids is 1. The first-order valence-electron chi connectivity index (χ1n) is 10.7. The molecule has 1 unspecified atom stereocenters. The summed E-state index contributed by atoms with van der Waals surface area (Å²) in [6, 6.07) is 13.9. The van der Waals surface area contributed by atoms with Gasteiger partial charge in [-0.1, -0.05) is 24.3 Å². The van der Waals surface area contributed by atoms with Crippen LogP contribution in [0, 0.1) is 12.8 Å². The van der Waals surface area contributed by atoms with Crippen LogP contribution in [0.4, 0.5) is 11.4 Å². The minimum Gasteiger partial charge on any atom is -0.482 e. The van der Waals surface area contributed by atoms with E-state index in [9.17, 15) is 4.79 Å². The number of anilines is 1. The number of nitrogens with zero attached hydrogens (tertiary/aromatic N) is 3. The van der Waals surface area contributed by atoms with Crippen molar-refractivity contribution in [2.75, 3.05) is 11.9 Å². The van der Waals surface area contributed by atoms with Gasteiger partial charge in [0.2, 0.25) is 4.80 Å². The number of amides is 1. The third-order valence-electron chi connectivity index (χ3n) is 5.52. The molecule has 162 valence electrons. The fraction of sp³-hybridized carbons (Fsp3) is 0.240. The van der Waals surface area contributed by atoms with Crippen LogP contribution >= 0.6 is 11.3 Å². The monoisotopic (exact) mass is 444 g/mol. The molecule has 1 aliphatic heterocycles. The summed E-state index contributed by atoms with van der Waals surface area (Å²) in [5.41, 5.74) is 4.60. The first-order chi connectivity index (χ1) is 15.7. The smallest absolute Gasteiger partial charge is 0.262 e. The molecule has 2 aliphatic rings. The van der Waals surface area contributed by atoms with E-state index >= 15 is 0 Å². The Morgan fingerprint density at radius 1 is 1.22 bits per heavy atom. The van der Waals surface area contributed by atoms with Crippen molar-refractivity contribution in [2.24, 2.45) is 16.0 Å². The number of ether oxygens (including phenoxy) is 1. The van der Waals surface area contributed by atoms with Gasteiger partial charge < -0.3 is 10.1 Å². The van der Waals surface area contributed by atoms with Crippen molar-refractivity contribution in [1.82, 2.24) is 4.68 Å². The fourth-order valence-corrected chi connectivity index (χ4v) is 4.71. The lowest BCUT2D eigenvalue weighted by Gasteiger charge is -2.18. The van der Waals surface area contributed by atoms with Crippen molar-refractivity contribution in [3.8, 4) is 17.0 Å². The molecule has 3 aromatic rings. The Kier molecular flexibility index (Phi) is 5.73. The molecule has 2 aromatic carbocycles. The van der Waals surface area contributed by atoms with Crippen LogP contribution < -0.4 is 14.9 Å². The molecule has 0 fully saturated rings. The number of allylic oxidation sites excluding steroid dienone is 2. The SMILES string of the molecule is Cc1cccc(N=c2scc(-c3ccc4c(c3)NC(=O)CO4)n2N=CC2CC=CCC2)c1. The van der Waals surface area contributed by atoms with Crippen LogP contribution in [0.3, 0.4) is 0 Å². The van der Waals surface area contributed by atoms with Crippen LogP contribution in [0.2, 0.25) is 0 Å². The number of rotatable bonds is 4. The summed E-state index contributed by atoms with van der Waals surface area (Å²) in [5.74, 6) is 0.951. The highest BCUT2D eigenvalue weighted by atomic mass is 32.1. The minimum absolute atomic E-state index is 0.0461. The highest BCUT2D eigenvalue weighted by molar-refractivity contribution is 7.07. The van der Waals surface area contributed by atoms with E-state index < -0.39 is 0 Å². The molecule has 1 aromatic heterocycles. The van der Waals surface area contributed by atoms with Crippen molar-refractivity contribution in [3.63, 3.8) is 0 Å². The summed E-state index contributed by atoms with van der Waals surface area (Å²) >= 11 is 1.55. The maximum absolute atomic E-state index is 11.8. The number of hydrogen-bond acceptors (Lipinski definition) is 5. The zero-order chi connectivity index (χ0) is 21.9. The van der Waals surface area contributed by atoms with Gasteiger partial charge in [0.15, 0.2) is 6.61 Å². The second-order valence-corrected chi connectivity index (χ2v) is 8.86. The molecule has 1 N–H and O–H groups in total. The number of aryl methyl sites for hydroxylation is 1. The fourth-order valence-electron chi connectivity index (χ4n) is 3.85. The molecule has 32 heavy (non-hydrogen) atoms. The molecule has 2 heterocycles. The van der Waals surface area contributed by atoms with Gasteiger partial charge in [0, 0.05) is 17.2 Å². The van der Waals surface area contributed by atoms with Crippen LogP contribution in [-0.4, -0.2) is 23.4 Å². The lowest BCUT2D eigenvalue weighted by Crippen LogP contribution is -2.25. The summed E-state index contributed by atoms with van der Waals surface area (Å²) in [4.78, 5) is 17.4. The van der Waals surface area contributed by atoms with Gasteiger partial charge >= 0.3 is 0 Å². The Bertz CT molecular complexity index is 1290. The van der Waals surface area contributed by atoms with Crippen molar-refractivity contribution in [2.45, 2.75) is 26.2 Å². The molecular formula is C25H24N4O2S. The highest BCUT2D eigenvalue weighted by Gasteiger charge is 2.18. The topological polar surface area (TPSA) is 68.0 Å². The molecule has 0 radical (unpaired) electrons. The Hall–Kier alpha value is -3.45. The van der Waals surface area contributed by atoms with E-state index in [2.05, 4.69) is 41.9 Å². The largest absolute Gasteiger partial charge is 0.482 e. The number of hydrogen-bond donors (Lipinski definition) is 1. The van der Waals surface area contributed by atoms with E-state index in [0.29, 0.717) is 17.4 Å². The number of fused-ring (bicyclic) bond motifs is 1. The normalized spacial score (nSPS) is 18.5. The highest BCUT2D eigenvalue weighted by Crippen LogP contribution is 2.33. The molecule has 1 aliphatic carbocycles. The van der Waals surface area contributed by atoms with Crippen LogP contribution in [0.1, 0.15) is 24.8 Å². The van der Waals surface area contributed by atoms with Crippen molar-refractivity contribution in [3.05, 3.63) is 70.4 Å². The summed E-state index contributed by atoms with van der Waals surface area (Å²) < 4.78 is 7.41. The Morgan fingerprint density at radius 3 is 3.00 bits per heavy atom. The number of aromatic nitrogens is 1. The molecule has 0 saturated heterocycles. The number of benzene rings is 2. The molecule has 7 heteroatoms. The Morgan fingerprint density at radius 2 is 2.16 bits per heavy atom. The first-order valence-corrected chi connectivity index (χ1v) is 11.6. The molecule has 0 bridgehead atoms. The molecule has 1 amide bonds. The maximum atomic E-state index is 11.8. The lowest BCUT2D eigenvalue weighted by atomic mass is 9.96. The predicted molar refractivity (Wildman–Crippen MR) is 129 cm³/mol. The molecule has 5 rings (SSSR count). The van der Waals surface area contributed by atoms with E-state index in [4.69, 9.17) is 14.8 Å². The molecule has 0 spiro atoms.